The molecule has 0 aliphatic heterocycles. The van der Waals surface area contributed by atoms with Gasteiger partial charge in [-0.3, -0.25) is 0 Å². The Labute approximate surface area is 102 Å². The largest absolute Gasteiger partial charge is 0.494 e. The van der Waals surface area contributed by atoms with Gasteiger partial charge in [0.1, 0.15) is 5.75 Å². The van der Waals surface area contributed by atoms with Gasteiger partial charge in [-0.05, 0) is 51.7 Å². The van der Waals surface area contributed by atoms with E-state index >= 15 is 0 Å². The molecule has 1 N–H and O–H groups in total. The van der Waals surface area contributed by atoms with Gasteiger partial charge >= 0.3 is 5.97 Å². The highest BCUT2D eigenvalue weighted by Crippen LogP contribution is 2.26. The second-order valence-electron chi connectivity index (χ2n) is 4.13. The van der Waals surface area contributed by atoms with E-state index in [0.717, 1.165) is 5.56 Å². The molecular weight excluding hydrogens is 218 g/mol. The lowest BCUT2D eigenvalue weighted by atomic mass is 10.0. The zero-order chi connectivity index (χ0) is 13.0. The molecule has 0 fully saturated rings. The Morgan fingerprint density at radius 3 is 2.59 bits per heavy atom. The van der Waals surface area contributed by atoms with E-state index in [1.54, 1.807) is 18.2 Å². The van der Waals surface area contributed by atoms with Gasteiger partial charge in [0.15, 0.2) is 0 Å². The third-order valence-electron chi connectivity index (χ3n) is 2.79. The van der Waals surface area contributed by atoms with Crippen LogP contribution in [0.2, 0.25) is 0 Å². The van der Waals surface area contributed by atoms with Crippen LogP contribution in [-0.4, -0.2) is 36.7 Å². The minimum absolute atomic E-state index is 0.0292. The van der Waals surface area contributed by atoms with Crippen LogP contribution in [-0.2, 0) is 0 Å². The Bertz CT molecular complexity index is 402. The van der Waals surface area contributed by atoms with Crippen LogP contribution < -0.4 is 4.74 Å². The first-order chi connectivity index (χ1) is 7.97. The van der Waals surface area contributed by atoms with E-state index in [2.05, 4.69) is 0 Å². The standard InChI is InChI=1S/C13H19NO3/c1-5-17-10-6-7-11(13(15)16)12(8-10)9(2)14(3)4/h6-9H,5H2,1-4H3,(H,15,16). The second kappa shape index (κ2) is 5.68. The minimum Gasteiger partial charge on any atom is -0.494 e. The van der Waals surface area contributed by atoms with Crippen LogP contribution >= 0.6 is 0 Å². The maximum Gasteiger partial charge on any atom is 0.336 e. The first-order valence-electron chi connectivity index (χ1n) is 5.63. The van der Waals surface area contributed by atoms with Crippen LogP contribution in [0.25, 0.3) is 0 Å². The normalized spacial score (nSPS) is 12.5. The molecule has 0 bridgehead atoms. The Kier molecular flexibility index (Phi) is 4.52. The zero-order valence-electron chi connectivity index (χ0n) is 10.7. The number of benzene rings is 1. The Balaban J connectivity index is 3.20. The van der Waals surface area contributed by atoms with Gasteiger partial charge in [-0.15, -0.1) is 0 Å². The van der Waals surface area contributed by atoms with Crippen molar-refractivity contribution in [2.24, 2.45) is 0 Å². The van der Waals surface area contributed by atoms with Crippen LogP contribution in [0.4, 0.5) is 0 Å². The molecule has 1 unspecified atom stereocenters. The number of hydrogen-bond donors (Lipinski definition) is 1. The third-order valence-corrected chi connectivity index (χ3v) is 2.79. The van der Waals surface area contributed by atoms with E-state index in [1.807, 2.05) is 32.8 Å². The highest BCUT2D eigenvalue weighted by Gasteiger charge is 2.17. The summed E-state index contributed by atoms with van der Waals surface area (Å²) in [4.78, 5) is 13.1. The summed E-state index contributed by atoms with van der Waals surface area (Å²) in [6, 6.07) is 5.13. The maximum atomic E-state index is 11.2. The molecule has 0 amide bonds. The number of aromatic carboxylic acids is 1. The molecule has 4 nitrogen and oxygen atoms in total. The summed E-state index contributed by atoms with van der Waals surface area (Å²) < 4.78 is 5.40. The topological polar surface area (TPSA) is 49.8 Å². The molecule has 0 spiro atoms. The van der Waals surface area contributed by atoms with Gasteiger partial charge in [0.25, 0.3) is 0 Å². The first-order valence-corrected chi connectivity index (χ1v) is 5.63. The van der Waals surface area contributed by atoms with Gasteiger partial charge in [0.2, 0.25) is 0 Å². The first kappa shape index (κ1) is 13.5. The fraction of sp³-hybridized carbons (Fsp3) is 0.462. The van der Waals surface area contributed by atoms with Crippen LogP contribution in [0.15, 0.2) is 18.2 Å². The Morgan fingerprint density at radius 1 is 1.47 bits per heavy atom. The smallest absolute Gasteiger partial charge is 0.336 e. The number of carboxylic acids is 1. The van der Waals surface area contributed by atoms with Gasteiger partial charge in [-0.1, -0.05) is 0 Å². The molecule has 17 heavy (non-hydrogen) atoms. The fourth-order valence-corrected chi connectivity index (χ4v) is 1.62. The number of carbonyl (C=O) groups is 1. The average Bonchev–Trinajstić information content (AvgIpc) is 2.28. The van der Waals surface area contributed by atoms with Crippen molar-refractivity contribution in [1.29, 1.82) is 0 Å². The van der Waals surface area contributed by atoms with Crippen molar-refractivity contribution in [2.45, 2.75) is 19.9 Å². The van der Waals surface area contributed by atoms with Crippen LogP contribution in [0, 0.1) is 0 Å². The number of rotatable bonds is 5. The monoisotopic (exact) mass is 237 g/mol. The second-order valence-corrected chi connectivity index (χ2v) is 4.13. The van der Waals surface area contributed by atoms with Gasteiger partial charge < -0.3 is 14.7 Å². The predicted molar refractivity (Wildman–Crippen MR) is 66.7 cm³/mol. The molecule has 1 aromatic carbocycles. The van der Waals surface area contributed by atoms with Crippen LogP contribution in [0.5, 0.6) is 5.75 Å². The Hall–Kier alpha value is -1.55. The van der Waals surface area contributed by atoms with Crippen molar-refractivity contribution < 1.29 is 14.6 Å². The lowest BCUT2D eigenvalue weighted by Crippen LogP contribution is -2.19. The van der Waals surface area contributed by atoms with Crippen molar-refractivity contribution in [3.05, 3.63) is 29.3 Å². The van der Waals surface area contributed by atoms with Crippen molar-refractivity contribution in [3.8, 4) is 5.75 Å². The van der Waals surface area contributed by atoms with Gasteiger partial charge in [0, 0.05) is 6.04 Å². The van der Waals surface area contributed by atoms with E-state index in [0.29, 0.717) is 17.9 Å². The highest BCUT2D eigenvalue weighted by atomic mass is 16.5. The average molecular weight is 237 g/mol. The van der Waals surface area contributed by atoms with E-state index in [4.69, 9.17) is 9.84 Å². The molecule has 0 saturated heterocycles. The zero-order valence-corrected chi connectivity index (χ0v) is 10.7. The quantitative estimate of drug-likeness (QED) is 0.854. The molecular formula is C13H19NO3. The highest BCUT2D eigenvalue weighted by molar-refractivity contribution is 5.89. The molecule has 1 rings (SSSR count). The van der Waals surface area contributed by atoms with E-state index in [9.17, 15) is 4.79 Å². The molecule has 0 radical (unpaired) electrons. The van der Waals surface area contributed by atoms with E-state index in [1.165, 1.54) is 0 Å². The summed E-state index contributed by atoms with van der Waals surface area (Å²) in [6.07, 6.45) is 0. The SMILES string of the molecule is CCOc1ccc(C(=O)O)c(C(C)N(C)C)c1. The molecule has 1 atom stereocenters. The summed E-state index contributed by atoms with van der Waals surface area (Å²) in [5, 5.41) is 9.16. The maximum absolute atomic E-state index is 11.2. The lowest BCUT2D eigenvalue weighted by Gasteiger charge is -2.22. The molecule has 1 aromatic rings. The minimum atomic E-state index is -0.906. The van der Waals surface area contributed by atoms with Crippen molar-refractivity contribution >= 4 is 5.97 Å². The van der Waals surface area contributed by atoms with Gasteiger partial charge in [0.05, 0.1) is 12.2 Å². The van der Waals surface area contributed by atoms with Crippen molar-refractivity contribution in [3.63, 3.8) is 0 Å². The van der Waals surface area contributed by atoms with Crippen LogP contribution in [0.1, 0.15) is 35.8 Å². The molecule has 4 heteroatoms. The summed E-state index contributed by atoms with van der Waals surface area (Å²) in [7, 11) is 3.84. The fourth-order valence-electron chi connectivity index (χ4n) is 1.62. The number of ether oxygens (including phenoxy) is 1. The summed E-state index contributed by atoms with van der Waals surface area (Å²) in [6.45, 7) is 4.44. The predicted octanol–water partition coefficient (Wildman–Crippen LogP) is 2.41. The van der Waals surface area contributed by atoms with E-state index < -0.39 is 5.97 Å². The molecule has 0 aliphatic rings. The lowest BCUT2D eigenvalue weighted by molar-refractivity contribution is 0.0694. The summed E-state index contributed by atoms with van der Waals surface area (Å²) >= 11 is 0. The number of carboxylic acid groups (broad SMARTS) is 1. The number of nitrogens with zero attached hydrogens (tertiary/aromatic N) is 1. The summed E-state index contributed by atoms with van der Waals surface area (Å²) in [5.74, 6) is -0.196. The van der Waals surface area contributed by atoms with Crippen molar-refractivity contribution in [2.75, 3.05) is 20.7 Å². The number of hydrogen-bond acceptors (Lipinski definition) is 3. The molecule has 0 aliphatic carbocycles. The van der Waals surface area contributed by atoms with Gasteiger partial charge in [-0.25, -0.2) is 4.79 Å². The van der Waals surface area contributed by atoms with Gasteiger partial charge in [-0.2, -0.15) is 0 Å². The van der Waals surface area contributed by atoms with Crippen LogP contribution in [0.3, 0.4) is 0 Å². The molecule has 0 heterocycles. The Morgan fingerprint density at radius 2 is 2.12 bits per heavy atom. The molecule has 94 valence electrons. The van der Waals surface area contributed by atoms with Crippen molar-refractivity contribution in [1.82, 2.24) is 4.90 Å². The molecule has 0 saturated carbocycles. The van der Waals surface area contributed by atoms with E-state index in [-0.39, 0.29) is 6.04 Å². The summed E-state index contributed by atoms with van der Waals surface area (Å²) in [5.41, 5.74) is 1.10. The third kappa shape index (κ3) is 3.20. The molecule has 0 aromatic heterocycles.